The number of ether oxygens (including phenoxy) is 2. The fraction of sp³-hybridized carbons (Fsp3) is 0.308. The van der Waals surface area contributed by atoms with Gasteiger partial charge >= 0.3 is 0 Å². The summed E-state index contributed by atoms with van der Waals surface area (Å²) in [7, 11) is 6.52. The Bertz CT molecular complexity index is 958. The van der Waals surface area contributed by atoms with Gasteiger partial charge in [0.1, 0.15) is 6.61 Å². The highest BCUT2D eigenvalue weighted by molar-refractivity contribution is 7.49. The standard InChI is InChI=1S/C26H32NO2P/c1-6-26(2,30-24-18-11-10-16-22(24)27(3)4)21-15-12-17-23(28-5)25(21)29-19-20-13-8-7-9-14-20/h7-18,30H,6,19H2,1-5H3. The molecule has 0 aliphatic carbocycles. The molecule has 0 aliphatic rings. The van der Waals surface area contributed by atoms with Crippen molar-refractivity contribution in [1.82, 2.24) is 0 Å². The van der Waals surface area contributed by atoms with Gasteiger partial charge in [0.15, 0.2) is 11.5 Å². The third-order valence-electron chi connectivity index (χ3n) is 5.52. The van der Waals surface area contributed by atoms with E-state index in [4.69, 9.17) is 9.47 Å². The van der Waals surface area contributed by atoms with Crippen LogP contribution < -0.4 is 19.7 Å². The van der Waals surface area contributed by atoms with Crippen LogP contribution in [0.2, 0.25) is 0 Å². The maximum absolute atomic E-state index is 6.38. The smallest absolute Gasteiger partial charge is 0.165 e. The summed E-state index contributed by atoms with van der Waals surface area (Å²) in [6, 6.07) is 25.2. The molecule has 2 unspecified atom stereocenters. The van der Waals surface area contributed by atoms with Gasteiger partial charge < -0.3 is 14.4 Å². The van der Waals surface area contributed by atoms with Crippen molar-refractivity contribution in [3.05, 3.63) is 83.9 Å². The molecule has 0 radical (unpaired) electrons. The molecule has 3 nitrogen and oxygen atoms in total. The van der Waals surface area contributed by atoms with Crippen LogP contribution in [0, 0.1) is 0 Å². The lowest BCUT2D eigenvalue weighted by atomic mass is 9.96. The van der Waals surface area contributed by atoms with Gasteiger partial charge in [0.25, 0.3) is 0 Å². The minimum Gasteiger partial charge on any atom is -0.493 e. The Labute approximate surface area is 182 Å². The highest BCUT2D eigenvalue weighted by atomic mass is 31.1. The van der Waals surface area contributed by atoms with E-state index in [9.17, 15) is 0 Å². The molecule has 0 spiro atoms. The zero-order valence-corrected chi connectivity index (χ0v) is 19.6. The van der Waals surface area contributed by atoms with E-state index in [1.165, 1.54) is 16.6 Å². The van der Waals surface area contributed by atoms with Crippen molar-refractivity contribution in [3.8, 4) is 11.5 Å². The van der Waals surface area contributed by atoms with Crippen molar-refractivity contribution in [2.45, 2.75) is 32.0 Å². The normalized spacial score (nSPS) is 13.2. The second-order valence-corrected chi connectivity index (χ2v) is 9.73. The topological polar surface area (TPSA) is 21.7 Å². The lowest BCUT2D eigenvalue weighted by Crippen LogP contribution is -2.23. The summed E-state index contributed by atoms with van der Waals surface area (Å²) in [6.45, 7) is 5.11. The molecule has 0 aliphatic heterocycles. The molecule has 0 aromatic heterocycles. The van der Waals surface area contributed by atoms with E-state index in [0.29, 0.717) is 15.2 Å². The first kappa shape index (κ1) is 22.2. The molecule has 0 saturated carbocycles. The van der Waals surface area contributed by atoms with Gasteiger partial charge in [-0.2, -0.15) is 0 Å². The van der Waals surface area contributed by atoms with Gasteiger partial charge in [0.2, 0.25) is 0 Å². The van der Waals surface area contributed by atoms with Crippen molar-refractivity contribution < 1.29 is 9.47 Å². The van der Waals surface area contributed by atoms with Gasteiger partial charge in [-0.15, -0.1) is 0 Å². The molecular formula is C26H32NO2P. The predicted octanol–water partition coefficient (Wildman–Crippen LogP) is 5.97. The molecule has 0 N–H and O–H groups in total. The molecule has 158 valence electrons. The third kappa shape index (κ3) is 4.96. The van der Waals surface area contributed by atoms with E-state index in [1.807, 2.05) is 24.3 Å². The summed E-state index contributed by atoms with van der Waals surface area (Å²) in [4.78, 5) is 2.19. The van der Waals surface area contributed by atoms with Crippen molar-refractivity contribution in [2.75, 3.05) is 26.1 Å². The highest BCUT2D eigenvalue weighted by Crippen LogP contribution is 2.50. The molecule has 30 heavy (non-hydrogen) atoms. The first-order valence-electron chi connectivity index (χ1n) is 10.4. The fourth-order valence-electron chi connectivity index (χ4n) is 3.60. The summed E-state index contributed by atoms with van der Waals surface area (Å²) in [5, 5.41) is 1.30. The maximum atomic E-state index is 6.38. The van der Waals surface area contributed by atoms with E-state index >= 15 is 0 Å². The number of methoxy groups -OCH3 is 1. The molecule has 0 saturated heterocycles. The minimum absolute atomic E-state index is 0.0628. The van der Waals surface area contributed by atoms with Gasteiger partial charge in [-0.3, -0.25) is 0 Å². The number of rotatable bonds is 9. The Morgan fingerprint density at radius 1 is 0.900 bits per heavy atom. The molecule has 0 bridgehead atoms. The van der Waals surface area contributed by atoms with Crippen LogP contribution in [0.4, 0.5) is 5.69 Å². The average molecular weight is 422 g/mol. The second-order valence-electron chi connectivity index (χ2n) is 7.83. The average Bonchev–Trinajstić information content (AvgIpc) is 2.78. The summed E-state index contributed by atoms with van der Waals surface area (Å²) in [6.07, 6.45) is 1.00. The molecule has 3 aromatic rings. The molecule has 0 fully saturated rings. The van der Waals surface area contributed by atoms with E-state index in [0.717, 1.165) is 23.5 Å². The Balaban J connectivity index is 1.99. The van der Waals surface area contributed by atoms with Gasteiger partial charge in [-0.1, -0.05) is 83.1 Å². The van der Waals surface area contributed by atoms with Crippen LogP contribution in [-0.4, -0.2) is 21.2 Å². The molecule has 2 atom stereocenters. The number of hydrogen-bond acceptors (Lipinski definition) is 3. The summed E-state index contributed by atoms with van der Waals surface area (Å²) < 4.78 is 12.1. The SMILES string of the molecule is CCC(C)(Pc1ccccc1N(C)C)c1cccc(OC)c1OCc1ccccc1. The monoisotopic (exact) mass is 421 g/mol. The van der Waals surface area contributed by atoms with Crippen molar-refractivity contribution in [1.29, 1.82) is 0 Å². The highest BCUT2D eigenvalue weighted by Gasteiger charge is 2.31. The quantitative estimate of drug-likeness (QED) is 0.397. The van der Waals surface area contributed by atoms with Crippen LogP contribution in [0.3, 0.4) is 0 Å². The molecule has 0 heterocycles. The van der Waals surface area contributed by atoms with E-state index in [1.54, 1.807) is 7.11 Å². The lowest BCUT2D eigenvalue weighted by Gasteiger charge is -2.33. The first-order valence-corrected chi connectivity index (χ1v) is 11.4. The Morgan fingerprint density at radius 2 is 1.60 bits per heavy atom. The van der Waals surface area contributed by atoms with Crippen LogP contribution in [0.1, 0.15) is 31.4 Å². The lowest BCUT2D eigenvalue weighted by molar-refractivity contribution is 0.278. The molecular weight excluding hydrogens is 389 g/mol. The molecule has 0 amide bonds. The van der Waals surface area contributed by atoms with Gasteiger partial charge in [0.05, 0.1) is 7.11 Å². The van der Waals surface area contributed by atoms with Crippen LogP contribution in [0.25, 0.3) is 0 Å². The Kier molecular flexibility index (Phi) is 7.39. The second kappa shape index (κ2) is 10.00. The maximum Gasteiger partial charge on any atom is 0.165 e. The Hall–Kier alpha value is -2.51. The number of benzene rings is 3. The number of nitrogens with zero attached hydrogens (tertiary/aromatic N) is 1. The van der Waals surface area contributed by atoms with Gasteiger partial charge in [-0.25, -0.2) is 0 Å². The molecule has 3 rings (SSSR count). The third-order valence-corrected chi connectivity index (χ3v) is 7.39. The number of anilines is 1. The Morgan fingerprint density at radius 3 is 2.27 bits per heavy atom. The number of hydrogen-bond donors (Lipinski definition) is 0. The number of para-hydroxylation sites is 2. The van der Waals surface area contributed by atoms with Crippen molar-refractivity contribution in [2.24, 2.45) is 0 Å². The summed E-state index contributed by atoms with van der Waals surface area (Å²) >= 11 is 0. The van der Waals surface area contributed by atoms with E-state index in [-0.39, 0.29) is 5.16 Å². The van der Waals surface area contributed by atoms with Crippen molar-refractivity contribution in [3.63, 3.8) is 0 Å². The first-order chi connectivity index (χ1) is 14.5. The largest absolute Gasteiger partial charge is 0.493 e. The van der Waals surface area contributed by atoms with Gasteiger partial charge in [-0.05, 0) is 29.4 Å². The van der Waals surface area contributed by atoms with Crippen LogP contribution >= 0.6 is 8.58 Å². The van der Waals surface area contributed by atoms with Crippen molar-refractivity contribution >= 4 is 19.6 Å². The van der Waals surface area contributed by atoms with Crippen LogP contribution in [-0.2, 0) is 11.8 Å². The van der Waals surface area contributed by atoms with Crippen LogP contribution in [0.15, 0.2) is 72.8 Å². The fourth-order valence-corrected chi connectivity index (χ4v) is 5.32. The zero-order valence-electron chi connectivity index (χ0n) is 18.6. The van der Waals surface area contributed by atoms with E-state index < -0.39 is 0 Å². The minimum atomic E-state index is -0.0628. The summed E-state index contributed by atoms with van der Waals surface area (Å²) in [5.74, 6) is 1.64. The van der Waals surface area contributed by atoms with Gasteiger partial charge in [0, 0.05) is 30.5 Å². The molecule has 3 aromatic carbocycles. The summed E-state index contributed by atoms with van der Waals surface area (Å²) in [5.41, 5.74) is 3.62. The van der Waals surface area contributed by atoms with E-state index in [2.05, 4.69) is 81.4 Å². The van der Waals surface area contributed by atoms with Crippen LogP contribution in [0.5, 0.6) is 11.5 Å². The molecule has 4 heteroatoms. The zero-order chi connectivity index (χ0) is 21.6. The predicted molar refractivity (Wildman–Crippen MR) is 130 cm³/mol.